The van der Waals surface area contributed by atoms with Gasteiger partial charge in [0.2, 0.25) is 11.0 Å². The van der Waals surface area contributed by atoms with Crippen LogP contribution in [-0.4, -0.2) is 43.2 Å². The van der Waals surface area contributed by atoms with Gasteiger partial charge in [-0.25, -0.2) is 4.68 Å². The Balaban J connectivity index is 1.61. The van der Waals surface area contributed by atoms with Crippen molar-refractivity contribution in [2.75, 3.05) is 13.1 Å². The van der Waals surface area contributed by atoms with Gasteiger partial charge in [0.1, 0.15) is 4.66 Å². The Morgan fingerprint density at radius 3 is 2.68 bits per heavy atom. The van der Waals surface area contributed by atoms with Gasteiger partial charge >= 0.3 is 0 Å². The molecule has 1 amide bonds. The van der Waals surface area contributed by atoms with Crippen LogP contribution >= 0.6 is 11.3 Å². The quantitative estimate of drug-likeness (QED) is 0.471. The molecule has 0 unspecified atom stereocenters. The van der Waals surface area contributed by atoms with E-state index >= 15 is 0 Å². The van der Waals surface area contributed by atoms with Gasteiger partial charge in [-0.1, -0.05) is 23.5 Å². The molecule has 3 aliphatic rings. The largest absolute Gasteiger partial charge is 0.339 e. The molecule has 0 bridgehead atoms. The second-order valence-corrected chi connectivity index (χ2v) is 9.71. The maximum absolute atomic E-state index is 12.8. The molecule has 0 radical (unpaired) electrons. The monoisotopic (exact) mass is 474 g/mol. The first-order valence-corrected chi connectivity index (χ1v) is 12.1. The third kappa shape index (κ3) is 3.92. The zero-order chi connectivity index (χ0) is 24.0. The van der Waals surface area contributed by atoms with E-state index in [4.69, 9.17) is 5.41 Å². The first kappa shape index (κ1) is 22.1. The Morgan fingerprint density at radius 2 is 1.94 bits per heavy atom. The molecule has 3 aliphatic heterocycles. The number of aryl methyl sites for hydroxylation is 2. The lowest BCUT2D eigenvalue weighted by molar-refractivity contribution is -0.123. The van der Waals surface area contributed by atoms with Crippen molar-refractivity contribution in [3.63, 3.8) is 0 Å². The summed E-state index contributed by atoms with van der Waals surface area (Å²) >= 11 is 1.19. The number of amides is 1. The maximum Gasteiger partial charge on any atom is 0.283 e. The lowest BCUT2D eigenvalue weighted by Gasteiger charge is -2.10. The number of fused-ring (bicyclic) bond motifs is 1. The summed E-state index contributed by atoms with van der Waals surface area (Å²) < 4.78 is 4.16. The van der Waals surface area contributed by atoms with E-state index in [1.54, 1.807) is 11.0 Å². The summed E-state index contributed by atoms with van der Waals surface area (Å²) in [5.41, 5.74) is 4.65. The number of nitrogens with zero attached hydrogens (tertiary/aromatic N) is 4. The SMILES string of the molecule is Cc1cccc(-n2c(C)cc(/C=c3/c(=O)nc4s/c(=C/C(=O)N5CCCC5)[nH]n-4c3=N)c2C)c1. The second-order valence-electron chi connectivity index (χ2n) is 8.70. The standard InChI is InChI=1S/C25H26N6O2S/c1-15-7-6-8-19(11-15)30-16(2)12-18(17(30)3)13-20-23(26)31-25(27-24(20)33)34-21(28-31)14-22(32)29-9-4-5-10-29/h6-8,11-14,26,28H,4-5,9-10H2,1-3H3/b20-13+,21-14+,26-23?. The fraction of sp³-hybridized carbons (Fsp3) is 0.280. The number of rotatable bonds is 3. The molecule has 0 aliphatic carbocycles. The van der Waals surface area contributed by atoms with Gasteiger partial charge in [0, 0.05) is 36.2 Å². The highest BCUT2D eigenvalue weighted by Crippen LogP contribution is 2.21. The lowest BCUT2D eigenvalue weighted by Crippen LogP contribution is -2.47. The van der Waals surface area contributed by atoms with Crippen molar-refractivity contribution in [3.8, 4) is 10.8 Å². The summed E-state index contributed by atoms with van der Waals surface area (Å²) in [6.45, 7) is 7.61. The van der Waals surface area contributed by atoms with Crippen molar-refractivity contribution in [2.24, 2.45) is 0 Å². The molecule has 2 aromatic rings. The van der Waals surface area contributed by atoms with Gasteiger partial charge in [0.15, 0.2) is 5.49 Å². The summed E-state index contributed by atoms with van der Waals surface area (Å²) in [5, 5.41) is 12.3. The van der Waals surface area contributed by atoms with Crippen molar-refractivity contribution in [3.05, 3.63) is 78.6 Å². The van der Waals surface area contributed by atoms with E-state index in [2.05, 4.69) is 39.8 Å². The van der Waals surface area contributed by atoms with E-state index in [-0.39, 0.29) is 16.6 Å². The van der Waals surface area contributed by atoms with Gasteiger partial charge in [-0.2, -0.15) is 4.98 Å². The van der Waals surface area contributed by atoms with Gasteiger partial charge in [-0.15, -0.1) is 0 Å². The van der Waals surface area contributed by atoms with Gasteiger partial charge in [-0.05, 0) is 69.0 Å². The van der Waals surface area contributed by atoms with Crippen LogP contribution in [0.4, 0.5) is 0 Å². The highest BCUT2D eigenvalue weighted by Gasteiger charge is 2.17. The van der Waals surface area contributed by atoms with Crippen molar-refractivity contribution >= 4 is 29.4 Å². The molecule has 9 heteroatoms. The van der Waals surface area contributed by atoms with Crippen LogP contribution in [0.15, 0.2) is 35.1 Å². The van der Waals surface area contributed by atoms with Crippen LogP contribution in [0.25, 0.3) is 23.0 Å². The fourth-order valence-corrected chi connectivity index (χ4v) is 5.35. The molecular formula is C25H26N6O2S. The van der Waals surface area contributed by atoms with Crippen molar-refractivity contribution in [2.45, 2.75) is 33.6 Å². The van der Waals surface area contributed by atoms with Gasteiger partial charge in [0.25, 0.3) is 5.56 Å². The first-order valence-electron chi connectivity index (χ1n) is 11.3. The number of hydrogen-bond acceptors (Lipinski definition) is 5. The van der Waals surface area contributed by atoms with E-state index in [1.807, 2.05) is 26.0 Å². The number of nitrogens with one attached hydrogen (secondary N) is 2. The van der Waals surface area contributed by atoms with Crippen LogP contribution in [0.5, 0.6) is 0 Å². The van der Waals surface area contributed by atoms with E-state index in [0.29, 0.717) is 9.79 Å². The second kappa shape index (κ2) is 8.57. The fourth-order valence-electron chi connectivity index (χ4n) is 4.50. The summed E-state index contributed by atoms with van der Waals surface area (Å²) in [5.74, 6) is -0.0647. The Hall–Kier alpha value is -3.72. The van der Waals surface area contributed by atoms with Crippen LogP contribution in [0.2, 0.25) is 0 Å². The molecule has 1 saturated heterocycles. The highest BCUT2D eigenvalue weighted by molar-refractivity contribution is 7.11. The number of likely N-dealkylation sites (tertiary alicyclic amines) is 1. The molecule has 4 heterocycles. The van der Waals surface area contributed by atoms with E-state index in [9.17, 15) is 9.59 Å². The highest BCUT2D eigenvalue weighted by atomic mass is 32.1. The molecule has 174 valence electrons. The number of carbonyl (C=O) groups is 1. The van der Waals surface area contributed by atoms with E-state index in [0.717, 1.165) is 48.6 Å². The summed E-state index contributed by atoms with van der Waals surface area (Å²) in [4.78, 5) is 31.3. The molecule has 1 aromatic carbocycles. The van der Waals surface area contributed by atoms with Crippen LogP contribution in [-0.2, 0) is 4.79 Å². The average Bonchev–Trinajstić information content (AvgIpc) is 3.51. The molecule has 8 nitrogen and oxygen atoms in total. The average molecular weight is 475 g/mol. The van der Waals surface area contributed by atoms with Gasteiger partial charge < -0.3 is 9.47 Å². The van der Waals surface area contributed by atoms with Crippen LogP contribution in [0.1, 0.15) is 35.4 Å². The predicted molar refractivity (Wildman–Crippen MR) is 132 cm³/mol. The minimum Gasteiger partial charge on any atom is -0.339 e. The first-order chi connectivity index (χ1) is 16.3. The summed E-state index contributed by atoms with van der Waals surface area (Å²) in [6.07, 6.45) is 5.29. The number of carbonyl (C=O) groups excluding carboxylic acids is 1. The molecule has 34 heavy (non-hydrogen) atoms. The number of aromatic amines is 1. The van der Waals surface area contributed by atoms with Crippen molar-refractivity contribution in [1.29, 1.82) is 5.41 Å². The minimum atomic E-state index is -0.460. The lowest BCUT2D eigenvalue weighted by atomic mass is 10.2. The molecular weight excluding hydrogens is 448 g/mol. The van der Waals surface area contributed by atoms with E-state index < -0.39 is 5.56 Å². The number of H-pyrrole nitrogens is 1. The molecule has 0 saturated carbocycles. The zero-order valence-corrected chi connectivity index (χ0v) is 20.2. The third-order valence-corrected chi connectivity index (χ3v) is 7.11. The Bertz CT molecular complexity index is 1610. The topological polar surface area (TPSA) is 99.8 Å². The summed E-state index contributed by atoms with van der Waals surface area (Å²) in [7, 11) is 0. The van der Waals surface area contributed by atoms with Crippen LogP contribution in [0.3, 0.4) is 0 Å². The van der Waals surface area contributed by atoms with Crippen molar-refractivity contribution < 1.29 is 4.79 Å². The molecule has 0 atom stereocenters. The molecule has 5 rings (SSSR count). The van der Waals surface area contributed by atoms with Crippen LogP contribution < -0.4 is 20.9 Å². The van der Waals surface area contributed by atoms with Crippen LogP contribution in [0, 0.1) is 26.2 Å². The number of benzene rings is 1. The molecule has 2 N–H and O–H groups in total. The molecule has 1 aromatic heterocycles. The smallest absolute Gasteiger partial charge is 0.283 e. The maximum atomic E-state index is 12.8. The normalized spacial score (nSPS) is 15.1. The number of aromatic nitrogens is 4. The predicted octanol–water partition coefficient (Wildman–Crippen LogP) is 1.49. The Kier molecular flexibility index (Phi) is 5.57. The van der Waals surface area contributed by atoms with Gasteiger partial charge in [0.05, 0.1) is 5.22 Å². The molecule has 0 spiro atoms. The third-order valence-electron chi connectivity index (χ3n) is 6.22. The Labute approximate surface area is 200 Å². The van der Waals surface area contributed by atoms with Crippen molar-refractivity contribution in [1.82, 2.24) is 24.2 Å². The molecule has 1 fully saturated rings. The zero-order valence-electron chi connectivity index (χ0n) is 19.4. The minimum absolute atomic E-state index is 0.0138. The summed E-state index contributed by atoms with van der Waals surface area (Å²) in [6, 6.07) is 10.3. The van der Waals surface area contributed by atoms with E-state index in [1.165, 1.54) is 27.7 Å². The number of hydrogen-bond donors (Lipinski definition) is 2. The van der Waals surface area contributed by atoms with Gasteiger partial charge in [-0.3, -0.25) is 20.1 Å². The Morgan fingerprint density at radius 1 is 1.18 bits per heavy atom.